The molecule has 0 amide bonds. The molecule has 1 atom stereocenters. The third-order valence-electron chi connectivity index (χ3n) is 4.18. The number of anilines is 1. The molecule has 3 heterocycles. The van der Waals surface area contributed by atoms with Crippen LogP contribution < -0.4 is 4.90 Å². The Hall–Kier alpha value is -1.14. The number of esters is 1. The molecule has 0 N–H and O–H groups in total. The van der Waals surface area contributed by atoms with E-state index in [1.54, 1.807) is 11.3 Å². The lowest BCUT2D eigenvalue weighted by molar-refractivity contribution is -0.139. The number of hydrogen-bond donors (Lipinski definition) is 0. The molecule has 0 radical (unpaired) electrons. The van der Waals surface area contributed by atoms with E-state index in [1.165, 1.54) is 39.5 Å². The van der Waals surface area contributed by atoms with Gasteiger partial charge < -0.3 is 9.64 Å². The van der Waals surface area contributed by atoms with Crippen LogP contribution in [0.25, 0.3) is 0 Å². The zero-order valence-electron chi connectivity index (χ0n) is 11.9. The number of rotatable bonds is 4. The molecule has 0 aliphatic carbocycles. The summed E-state index contributed by atoms with van der Waals surface area (Å²) in [5.41, 5.74) is 0.821. The molecule has 0 aromatic carbocycles. The summed E-state index contributed by atoms with van der Waals surface area (Å²) in [6, 6.07) is 0.686. The van der Waals surface area contributed by atoms with Crippen LogP contribution in [0.2, 0.25) is 0 Å². The number of carbonyl (C=O) groups is 1. The highest BCUT2D eigenvalue weighted by atomic mass is 32.1. The fourth-order valence-corrected chi connectivity index (χ4v) is 3.93. The Bertz CT molecular complexity index is 471. The van der Waals surface area contributed by atoms with Crippen molar-refractivity contribution in [2.45, 2.75) is 31.7 Å². The van der Waals surface area contributed by atoms with Crippen molar-refractivity contribution >= 4 is 22.4 Å². The number of thiazole rings is 1. The Morgan fingerprint density at radius 2 is 2.25 bits per heavy atom. The van der Waals surface area contributed by atoms with Crippen LogP contribution in [0.5, 0.6) is 0 Å². The second-order valence-electron chi connectivity index (χ2n) is 5.51. The van der Waals surface area contributed by atoms with E-state index >= 15 is 0 Å². The SMILES string of the molecule is COC(=O)Cc1csc(N2CCC(N3CCCC3)C2)n1. The van der Waals surface area contributed by atoms with Crippen LogP contribution in [0.1, 0.15) is 25.0 Å². The molecular formula is C14H21N3O2S. The molecule has 2 aliphatic rings. The minimum atomic E-state index is -0.224. The van der Waals surface area contributed by atoms with Gasteiger partial charge in [0.25, 0.3) is 0 Å². The maximum Gasteiger partial charge on any atom is 0.311 e. The van der Waals surface area contributed by atoms with Crippen molar-refractivity contribution < 1.29 is 9.53 Å². The minimum Gasteiger partial charge on any atom is -0.469 e. The van der Waals surface area contributed by atoms with Gasteiger partial charge in [-0.2, -0.15) is 0 Å². The van der Waals surface area contributed by atoms with Gasteiger partial charge in [0.1, 0.15) is 0 Å². The first-order valence-corrected chi connectivity index (χ1v) is 8.14. The van der Waals surface area contributed by atoms with Crippen molar-refractivity contribution in [2.24, 2.45) is 0 Å². The summed E-state index contributed by atoms with van der Waals surface area (Å²) in [5.74, 6) is -0.224. The molecule has 2 aliphatic heterocycles. The molecule has 0 saturated carbocycles. The fraction of sp³-hybridized carbons (Fsp3) is 0.714. The summed E-state index contributed by atoms with van der Waals surface area (Å²) in [5, 5.41) is 3.01. The van der Waals surface area contributed by atoms with E-state index in [4.69, 9.17) is 0 Å². The maximum absolute atomic E-state index is 11.3. The Morgan fingerprint density at radius 3 is 3.00 bits per heavy atom. The molecular weight excluding hydrogens is 274 g/mol. The highest BCUT2D eigenvalue weighted by molar-refractivity contribution is 7.13. The predicted octanol–water partition coefficient (Wildman–Crippen LogP) is 1.53. The van der Waals surface area contributed by atoms with Crippen LogP contribution >= 0.6 is 11.3 Å². The summed E-state index contributed by atoms with van der Waals surface area (Å²) in [7, 11) is 1.41. The average molecular weight is 295 g/mol. The third kappa shape index (κ3) is 2.96. The number of likely N-dealkylation sites (tertiary alicyclic amines) is 1. The second-order valence-corrected chi connectivity index (χ2v) is 6.34. The summed E-state index contributed by atoms with van der Waals surface area (Å²) < 4.78 is 4.68. The number of nitrogens with zero attached hydrogens (tertiary/aromatic N) is 3. The number of ether oxygens (including phenoxy) is 1. The second kappa shape index (κ2) is 6.10. The largest absolute Gasteiger partial charge is 0.469 e. The summed E-state index contributed by atoms with van der Waals surface area (Å²) >= 11 is 1.63. The van der Waals surface area contributed by atoms with E-state index in [2.05, 4.69) is 19.5 Å². The van der Waals surface area contributed by atoms with Crippen molar-refractivity contribution in [3.05, 3.63) is 11.1 Å². The number of hydrogen-bond acceptors (Lipinski definition) is 6. The Labute approximate surface area is 123 Å². The molecule has 5 nitrogen and oxygen atoms in total. The van der Waals surface area contributed by atoms with Gasteiger partial charge in [-0.25, -0.2) is 4.98 Å². The van der Waals surface area contributed by atoms with E-state index < -0.39 is 0 Å². The van der Waals surface area contributed by atoms with Gasteiger partial charge in [-0.05, 0) is 32.4 Å². The van der Waals surface area contributed by atoms with Crippen LogP contribution in [-0.2, 0) is 16.0 Å². The van der Waals surface area contributed by atoms with Crippen molar-refractivity contribution in [3.63, 3.8) is 0 Å². The smallest absolute Gasteiger partial charge is 0.311 e. The van der Waals surface area contributed by atoms with E-state index in [9.17, 15) is 4.79 Å². The lowest BCUT2D eigenvalue weighted by atomic mass is 10.2. The van der Waals surface area contributed by atoms with Crippen molar-refractivity contribution in [3.8, 4) is 0 Å². The summed E-state index contributed by atoms with van der Waals surface area (Å²) in [6.45, 7) is 4.66. The zero-order chi connectivity index (χ0) is 13.9. The fourth-order valence-electron chi connectivity index (χ4n) is 3.06. The zero-order valence-corrected chi connectivity index (χ0v) is 12.7. The monoisotopic (exact) mass is 295 g/mol. The van der Waals surface area contributed by atoms with Crippen molar-refractivity contribution in [1.82, 2.24) is 9.88 Å². The first-order valence-electron chi connectivity index (χ1n) is 7.26. The van der Waals surface area contributed by atoms with E-state index in [0.29, 0.717) is 6.04 Å². The standard InChI is InChI=1S/C14H21N3O2S/c1-19-13(18)8-11-10-20-14(15-11)17-7-4-12(9-17)16-5-2-3-6-16/h10,12H,2-9H2,1H3. The number of aromatic nitrogens is 1. The highest BCUT2D eigenvalue weighted by Gasteiger charge is 2.30. The van der Waals surface area contributed by atoms with E-state index in [-0.39, 0.29) is 12.4 Å². The van der Waals surface area contributed by atoms with Crippen molar-refractivity contribution in [2.75, 3.05) is 38.2 Å². The van der Waals surface area contributed by atoms with Gasteiger partial charge in [0.2, 0.25) is 0 Å². The topological polar surface area (TPSA) is 45.7 Å². The molecule has 1 aromatic heterocycles. The maximum atomic E-state index is 11.3. The van der Waals surface area contributed by atoms with Crippen LogP contribution in [0.15, 0.2) is 5.38 Å². The molecule has 2 fully saturated rings. The quantitative estimate of drug-likeness (QED) is 0.788. The number of methoxy groups -OCH3 is 1. The molecule has 0 bridgehead atoms. The predicted molar refractivity (Wildman–Crippen MR) is 79.3 cm³/mol. The Morgan fingerprint density at radius 1 is 1.45 bits per heavy atom. The molecule has 20 heavy (non-hydrogen) atoms. The first kappa shape index (κ1) is 13.8. The molecule has 0 spiro atoms. The first-order chi connectivity index (χ1) is 9.76. The molecule has 6 heteroatoms. The average Bonchev–Trinajstić information content (AvgIpc) is 3.18. The van der Waals surface area contributed by atoms with E-state index in [0.717, 1.165) is 23.9 Å². The Balaban J connectivity index is 1.58. The minimum absolute atomic E-state index is 0.224. The molecule has 1 unspecified atom stereocenters. The van der Waals surface area contributed by atoms with Crippen LogP contribution in [-0.4, -0.2) is 55.2 Å². The molecule has 1 aromatic rings. The summed E-state index contributed by atoms with van der Waals surface area (Å²) in [6.07, 6.45) is 4.19. The molecule has 3 rings (SSSR count). The van der Waals surface area contributed by atoms with Gasteiger partial charge in [-0.15, -0.1) is 11.3 Å². The van der Waals surface area contributed by atoms with Gasteiger partial charge in [0.15, 0.2) is 5.13 Å². The third-order valence-corrected chi connectivity index (χ3v) is 5.13. The molecule has 110 valence electrons. The summed E-state index contributed by atoms with van der Waals surface area (Å²) in [4.78, 5) is 20.8. The van der Waals surface area contributed by atoms with Crippen LogP contribution in [0.3, 0.4) is 0 Å². The lowest BCUT2D eigenvalue weighted by Gasteiger charge is -2.23. The van der Waals surface area contributed by atoms with Gasteiger partial charge in [-0.1, -0.05) is 0 Å². The van der Waals surface area contributed by atoms with Crippen LogP contribution in [0.4, 0.5) is 5.13 Å². The molecule has 2 saturated heterocycles. The van der Waals surface area contributed by atoms with Crippen molar-refractivity contribution in [1.29, 1.82) is 0 Å². The lowest BCUT2D eigenvalue weighted by Crippen LogP contribution is -2.35. The van der Waals surface area contributed by atoms with E-state index in [1.807, 2.05) is 5.38 Å². The number of carbonyl (C=O) groups excluding carboxylic acids is 1. The normalized spacial score (nSPS) is 23.4. The van der Waals surface area contributed by atoms with Gasteiger partial charge in [-0.3, -0.25) is 9.69 Å². The highest BCUT2D eigenvalue weighted by Crippen LogP contribution is 2.28. The van der Waals surface area contributed by atoms with Gasteiger partial charge in [0.05, 0.1) is 19.2 Å². The van der Waals surface area contributed by atoms with Crippen LogP contribution in [0, 0.1) is 0 Å². The Kier molecular flexibility index (Phi) is 4.21. The van der Waals surface area contributed by atoms with Gasteiger partial charge in [0, 0.05) is 24.5 Å². The van der Waals surface area contributed by atoms with Gasteiger partial charge >= 0.3 is 5.97 Å².